The van der Waals surface area contributed by atoms with Crippen molar-refractivity contribution in [2.75, 3.05) is 25.0 Å². The van der Waals surface area contributed by atoms with Crippen LogP contribution in [0.25, 0.3) is 16.9 Å². The van der Waals surface area contributed by atoms with Crippen LogP contribution in [0.4, 0.5) is 19.0 Å². The molecule has 1 aromatic carbocycles. The molecule has 0 spiro atoms. The maximum absolute atomic E-state index is 13.5. The Morgan fingerprint density at radius 3 is 2.60 bits per heavy atom. The van der Waals surface area contributed by atoms with Crippen molar-refractivity contribution >= 4 is 23.2 Å². The van der Waals surface area contributed by atoms with Gasteiger partial charge in [-0.25, -0.2) is 9.98 Å². The molecule has 1 aliphatic heterocycles. The van der Waals surface area contributed by atoms with Crippen LogP contribution in [0.5, 0.6) is 0 Å². The predicted octanol–water partition coefficient (Wildman–Crippen LogP) is 4.32. The minimum atomic E-state index is -4.53. The van der Waals surface area contributed by atoms with E-state index in [2.05, 4.69) is 44.5 Å². The van der Waals surface area contributed by atoms with Gasteiger partial charge in [-0.3, -0.25) is 4.79 Å². The molecule has 3 aromatic rings. The van der Waals surface area contributed by atoms with Gasteiger partial charge in [0, 0.05) is 24.9 Å². The molecule has 0 fully saturated rings. The molecule has 35 heavy (non-hydrogen) atoms. The second-order valence-corrected chi connectivity index (χ2v) is 8.06. The first-order valence-corrected chi connectivity index (χ1v) is 11.4. The van der Waals surface area contributed by atoms with Crippen LogP contribution in [-0.4, -0.2) is 50.9 Å². The van der Waals surface area contributed by atoms with Gasteiger partial charge in [-0.2, -0.15) is 22.8 Å². The van der Waals surface area contributed by atoms with Crippen molar-refractivity contribution in [3.8, 4) is 11.3 Å². The summed E-state index contributed by atoms with van der Waals surface area (Å²) in [7, 11) is 0. The molecular formula is C24H26F3N7O. The number of nitrogens with one attached hydrogen (secondary N) is 2. The number of amides is 1. The number of nitrogens with zero attached hydrogens (tertiary/aromatic N) is 5. The Morgan fingerprint density at radius 1 is 1.14 bits per heavy atom. The van der Waals surface area contributed by atoms with Gasteiger partial charge in [0.2, 0.25) is 0 Å². The lowest BCUT2D eigenvalue weighted by Crippen LogP contribution is -2.40. The minimum Gasteiger partial charge on any atom is -0.382 e. The standard InChI is InChI=1S/C24H26F3N7O/c1-3-11-33(12-4-2)21-14-28-13-19(30-21)23(35)31-22-15-29-20-10-9-18(32-34(20)22)16-7-5-6-8-17(16)24(25,26)27/h5-10,13,15,28H,3-4,11-12,14H2,1-2H3,(H,31,35). The summed E-state index contributed by atoms with van der Waals surface area (Å²) in [6.45, 7) is 6.37. The van der Waals surface area contributed by atoms with E-state index in [1.807, 2.05) is 0 Å². The van der Waals surface area contributed by atoms with E-state index in [0.717, 1.165) is 37.8 Å². The maximum Gasteiger partial charge on any atom is 0.417 e. The van der Waals surface area contributed by atoms with Crippen molar-refractivity contribution < 1.29 is 18.0 Å². The fourth-order valence-corrected chi connectivity index (χ4v) is 3.89. The van der Waals surface area contributed by atoms with E-state index in [9.17, 15) is 18.0 Å². The molecule has 1 amide bonds. The lowest BCUT2D eigenvalue weighted by Gasteiger charge is -2.27. The third-order valence-corrected chi connectivity index (χ3v) is 5.45. The summed E-state index contributed by atoms with van der Waals surface area (Å²) in [4.78, 5) is 23.9. The third kappa shape index (κ3) is 5.28. The summed E-state index contributed by atoms with van der Waals surface area (Å²) >= 11 is 0. The van der Waals surface area contributed by atoms with E-state index in [4.69, 9.17) is 0 Å². The van der Waals surface area contributed by atoms with Gasteiger partial charge in [0.05, 0.1) is 24.0 Å². The van der Waals surface area contributed by atoms with Crippen LogP contribution < -0.4 is 10.6 Å². The smallest absolute Gasteiger partial charge is 0.382 e. The average Bonchev–Trinajstić information content (AvgIpc) is 3.25. The van der Waals surface area contributed by atoms with Gasteiger partial charge in [0.15, 0.2) is 11.5 Å². The molecule has 0 unspecified atom stereocenters. The largest absolute Gasteiger partial charge is 0.417 e. The van der Waals surface area contributed by atoms with Gasteiger partial charge < -0.3 is 15.5 Å². The zero-order valence-electron chi connectivity index (χ0n) is 19.4. The van der Waals surface area contributed by atoms with E-state index in [0.29, 0.717) is 12.2 Å². The Morgan fingerprint density at radius 2 is 1.89 bits per heavy atom. The van der Waals surface area contributed by atoms with Crippen LogP contribution in [-0.2, 0) is 11.0 Å². The van der Waals surface area contributed by atoms with Crippen molar-refractivity contribution in [1.29, 1.82) is 0 Å². The molecule has 0 saturated carbocycles. The van der Waals surface area contributed by atoms with Crippen molar-refractivity contribution in [3.63, 3.8) is 0 Å². The second-order valence-electron chi connectivity index (χ2n) is 8.06. The Kier molecular flexibility index (Phi) is 7.04. The lowest BCUT2D eigenvalue weighted by atomic mass is 10.0. The number of aliphatic imine (C=N–C) groups is 1. The van der Waals surface area contributed by atoms with Crippen LogP contribution in [0.15, 0.2) is 59.5 Å². The van der Waals surface area contributed by atoms with Gasteiger partial charge >= 0.3 is 6.18 Å². The van der Waals surface area contributed by atoms with E-state index < -0.39 is 17.6 Å². The molecule has 1 aliphatic rings. The third-order valence-electron chi connectivity index (χ3n) is 5.45. The molecular weight excluding hydrogens is 459 g/mol. The molecule has 0 radical (unpaired) electrons. The predicted molar refractivity (Wildman–Crippen MR) is 128 cm³/mol. The Labute approximate surface area is 200 Å². The van der Waals surface area contributed by atoms with Gasteiger partial charge in [0.1, 0.15) is 11.5 Å². The fraction of sp³-hybridized carbons (Fsp3) is 0.333. The van der Waals surface area contributed by atoms with Gasteiger partial charge in [-0.05, 0) is 31.0 Å². The van der Waals surface area contributed by atoms with Crippen LogP contribution in [0.1, 0.15) is 32.3 Å². The first-order valence-electron chi connectivity index (χ1n) is 11.4. The van der Waals surface area contributed by atoms with E-state index in [-0.39, 0.29) is 22.8 Å². The summed E-state index contributed by atoms with van der Waals surface area (Å²) in [6, 6.07) is 8.24. The first-order chi connectivity index (χ1) is 16.8. The molecule has 0 aliphatic carbocycles. The van der Waals surface area contributed by atoms with Gasteiger partial charge in [-0.1, -0.05) is 32.0 Å². The summed E-state index contributed by atoms with van der Waals surface area (Å²) in [5.74, 6) is 0.523. The highest BCUT2D eigenvalue weighted by Gasteiger charge is 2.33. The van der Waals surface area contributed by atoms with Crippen LogP contribution in [0.3, 0.4) is 0 Å². The number of imidazole rings is 1. The van der Waals surface area contributed by atoms with Crippen molar-refractivity contribution in [3.05, 3.63) is 60.1 Å². The number of alkyl halides is 3. The minimum absolute atomic E-state index is 0.0618. The monoisotopic (exact) mass is 485 g/mol. The van der Waals surface area contributed by atoms with E-state index in [1.54, 1.807) is 6.07 Å². The van der Waals surface area contributed by atoms with Crippen LogP contribution >= 0.6 is 0 Å². The molecule has 3 heterocycles. The van der Waals surface area contributed by atoms with Crippen molar-refractivity contribution in [1.82, 2.24) is 24.8 Å². The second kappa shape index (κ2) is 10.2. The van der Waals surface area contributed by atoms with Gasteiger partial charge in [0.25, 0.3) is 5.91 Å². The number of fused-ring (bicyclic) bond motifs is 1. The number of amidine groups is 1. The average molecular weight is 486 g/mol. The number of anilines is 1. The Balaban J connectivity index is 1.61. The molecule has 8 nitrogen and oxygen atoms in total. The summed E-state index contributed by atoms with van der Waals surface area (Å²) in [5.41, 5.74) is -0.176. The topological polar surface area (TPSA) is 86.9 Å². The molecule has 2 N–H and O–H groups in total. The van der Waals surface area contributed by atoms with Crippen LogP contribution in [0.2, 0.25) is 0 Å². The number of rotatable bonds is 7. The van der Waals surface area contributed by atoms with Crippen molar-refractivity contribution in [2.45, 2.75) is 32.9 Å². The number of hydrogen-bond acceptors (Lipinski definition) is 6. The number of carbonyl (C=O) groups excluding carboxylic acids is 1. The van der Waals surface area contributed by atoms with Gasteiger partial charge in [-0.15, -0.1) is 0 Å². The number of carbonyl (C=O) groups is 1. The van der Waals surface area contributed by atoms with E-state index in [1.165, 1.54) is 41.2 Å². The fourth-order valence-electron chi connectivity index (χ4n) is 3.89. The molecule has 0 bridgehead atoms. The number of aromatic nitrogens is 3. The van der Waals surface area contributed by atoms with E-state index >= 15 is 0 Å². The van der Waals surface area contributed by atoms with Crippen molar-refractivity contribution in [2.24, 2.45) is 4.99 Å². The van der Waals surface area contributed by atoms with Crippen LogP contribution in [0, 0.1) is 0 Å². The number of benzene rings is 1. The Bertz CT molecular complexity index is 1270. The Hall–Kier alpha value is -3.89. The zero-order valence-corrected chi connectivity index (χ0v) is 19.4. The highest BCUT2D eigenvalue weighted by atomic mass is 19.4. The normalized spacial score (nSPS) is 13.7. The summed E-state index contributed by atoms with van der Waals surface area (Å²) in [6.07, 6.45) is 0.325. The zero-order chi connectivity index (χ0) is 25.0. The molecule has 0 atom stereocenters. The lowest BCUT2D eigenvalue weighted by molar-refractivity contribution is -0.137. The quantitative estimate of drug-likeness (QED) is 0.521. The highest BCUT2D eigenvalue weighted by Crippen LogP contribution is 2.36. The summed E-state index contributed by atoms with van der Waals surface area (Å²) < 4.78 is 41.8. The highest BCUT2D eigenvalue weighted by molar-refractivity contribution is 6.05. The molecule has 11 heteroatoms. The number of hydrogen-bond donors (Lipinski definition) is 2. The molecule has 184 valence electrons. The molecule has 2 aromatic heterocycles. The SMILES string of the molecule is CCCN(CCC)C1=NC(C(=O)Nc2cnc3ccc(-c4ccccc4C(F)(F)F)nn23)=CNC1. The maximum atomic E-state index is 13.5. The summed E-state index contributed by atoms with van der Waals surface area (Å²) in [5, 5.41) is 10.1. The molecule has 4 rings (SSSR count). The molecule has 0 saturated heterocycles. The first kappa shape index (κ1) is 24.2. The number of halogens is 3.